The monoisotopic (exact) mass is 457 g/mol. The van der Waals surface area contributed by atoms with E-state index in [4.69, 9.17) is 4.98 Å². The quantitative estimate of drug-likeness (QED) is 0.333. The molecular formula is C30H23N3O2. The van der Waals surface area contributed by atoms with Gasteiger partial charge in [-0.2, -0.15) is 0 Å². The first-order chi connectivity index (χ1) is 17.2. The number of imide groups is 1. The Morgan fingerprint density at radius 3 is 1.83 bits per heavy atom. The fourth-order valence-corrected chi connectivity index (χ4v) is 4.11. The molecule has 0 atom stereocenters. The Bertz CT molecular complexity index is 1430. The molecule has 35 heavy (non-hydrogen) atoms. The molecule has 0 saturated carbocycles. The molecule has 170 valence electrons. The van der Waals surface area contributed by atoms with Gasteiger partial charge in [-0.3, -0.25) is 10.1 Å². The van der Waals surface area contributed by atoms with Gasteiger partial charge in [0.25, 0.3) is 5.91 Å². The van der Waals surface area contributed by atoms with Gasteiger partial charge in [-0.1, -0.05) is 109 Å². The van der Waals surface area contributed by atoms with Crippen molar-refractivity contribution in [1.29, 1.82) is 0 Å². The zero-order valence-electron chi connectivity index (χ0n) is 18.9. The van der Waals surface area contributed by atoms with E-state index in [0.717, 1.165) is 16.7 Å². The van der Waals surface area contributed by atoms with Crippen LogP contribution in [0.15, 0.2) is 121 Å². The van der Waals surface area contributed by atoms with E-state index in [1.165, 1.54) is 0 Å². The predicted octanol–water partition coefficient (Wildman–Crippen LogP) is 6.13. The molecule has 0 saturated heterocycles. The molecule has 0 unspecified atom stereocenters. The van der Waals surface area contributed by atoms with Crippen molar-refractivity contribution < 1.29 is 9.59 Å². The lowest BCUT2D eigenvalue weighted by atomic mass is 9.99. The summed E-state index contributed by atoms with van der Waals surface area (Å²) in [5.41, 5.74) is 4.47. The highest BCUT2D eigenvalue weighted by atomic mass is 16.2. The number of benzene rings is 4. The third kappa shape index (κ3) is 4.94. The zero-order chi connectivity index (χ0) is 24.0. The Labute approximate surface area is 203 Å². The number of para-hydroxylation sites is 1. The van der Waals surface area contributed by atoms with Crippen LogP contribution in [0.3, 0.4) is 0 Å². The fourth-order valence-electron chi connectivity index (χ4n) is 4.11. The molecule has 5 heteroatoms. The van der Waals surface area contributed by atoms with Crippen molar-refractivity contribution in [3.05, 3.63) is 138 Å². The Balaban J connectivity index is 1.44. The summed E-state index contributed by atoms with van der Waals surface area (Å²) in [5, 5.41) is 6.16. The van der Waals surface area contributed by atoms with Crippen LogP contribution in [0.1, 0.15) is 27.5 Å². The molecule has 0 fully saturated rings. The highest BCUT2D eigenvalue weighted by Gasteiger charge is 2.20. The molecule has 5 aromatic rings. The first kappa shape index (κ1) is 22.0. The van der Waals surface area contributed by atoms with Gasteiger partial charge in [-0.05, 0) is 23.3 Å². The van der Waals surface area contributed by atoms with E-state index in [1.54, 1.807) is 6.07 Å². The van der Waals surface area contributed by atoms with Gasteiger partial charge in [0.05, 0.1) is 22.8 Å². The summed E-state index contributed by atoms with van der Waals surface area (Å²) in [4.78, 5) is 31.0. The van der Waals surface area contributed by atoms with E-state index >= 15 is 0 Å². The number of rotatable bonds is 5. The van der Waals surface area contributed by atoms with Crippen LogP contribution in [0.5, 0.6) is 0 Å². The second-order valence-corrected chi connectivity index (χ2v) is 8.12. The van der Waals surface area contributed by atoms with E-state index in [9.17, 15) is 9.59 Å². The van der Waals surface area contributed by atoms with Crippen LogP contribution in [0, 0.1) is 0 Å². The standard InChI is InChI=1S/C30H23N3O2/c34-29(25-20-27(21-12-4-1-5-13-21)31-26-19-11-10-18-24(25)26)33-30(35)32-28(22-14-6-2-7-15-22)23-16-8-3-9-17-23/h1-20,28H,(H2,32,33,34,35). The summed E-state index contributed by atoms with van der Waals surface area (Å²) >= 11 is 0. The first-order valence-electron chi connectivity index (χ1n) is 11.4. The maximum Gasteiger partial charge on any atom is 0.322 e. The maximum atomic E-state index is 13.3. The summed E-state index contributed by atoms with van der Waals surface area (Å²) in [6.45, 7) is 0. The molecule has 0 aliphatic carbocycles. The number of pyridine rings is 1. The number of hydrogen-bond donors (Lipinski definition) is 2. The van der Waals surface area contributed by atoms with Gasteiger partial charge >= 0.3 is 6.03 Å². The maximum absolute atomic E-state index is 13.3. The minimum Gasteiger partial charge on any atom is -0.327 e. The number of nitrogens with zero attached hydrogens (tertiary/aromatic N) is 1. The Hall–Kier alpha value is -4.77. The summed E-state index contributed by atoms with van der Waals surface area (Å²) in [5.74, 6) is -0.488. The van der Waals surface area contributed by atoms with Crippen molar-refractivity contribution in [1.82, 2.24) is 15.6 Å². The molecule has 3 amide bonds. The van der Waals surface area contributed by atoms with E-state index in [2.05, 4.69) is 10.6 Å². The van der Waals surface area contributed by atoms with Crippen molar-refractivity contribution in [3.63, 3.8) is 0 Å². The number of aromatic nitrogens is 1. The zero-order valence-corrected chi connectivity index (χ0v) is 18.9. The van der Waals surface area contributed by atoms with Crippen LogP contribution >= 0.6 is 0 Å². The second-order valence-electron chi connectivity index (χ2n) is 8.12. The van der Waals surface area contributed by atoms with Crippen molar-refractivity contribution in [3.8, 4) is 11.3 Å². The third-order valence-electron chi connectivity index (χ3n) is 5.80. The summed E-state index contributed by atoms with van der Waals surface area (Å²) in [7, 11) is 0. The number of nitrogens with one attached hydrogen (secondary N) is 2. The van der Waals surface area contributed by atoms with Gasteiger partial charge in [-0.25, -0.2) is 9.78 Å². The lowest BCUT2D eigenvalue weighted by Crippen LogP contribution is -2.41. The smallest absolute Gasteiger partial charge is 0.322 e. The van der Waals surface area contributed by atoms with Crippen molar-refractivity contribution in [2.75, 3.05) is 0 Å². The number of urea groups is 1. The largest absolute Gasteiger partial charge is 0.327 e. The Morgan fingerprint density at radius 2 is 1.20 bits per heavy atom. The van der Waals surface area contributed by atoms with Crippen LogP contribution in [0.25, 0.3) is 22.2 Å². The Kier molecular flexibility index (Phi) is 6.31. The molecule has 1 heterocycles. The predicted molar refractivity (Wildman–Crippen MR) is 138 cm³/mol. The molecule has 1 aromatic heterocycles. The molecule has 0 radical (unpaired) electrons. The number of hydrogen-bond acceptors (Lipinski definition) is 3. The van der Waals surface area contributed by atoms with E-state index in [1.807, 2.05) is 115 Å². The molecular weight excluding hydrogens is 434 g/mol. The van der Waals surface area contributed by atoms with Gasteiger partial charge in [0.15, 0.2) is 0 Å². The molecule has 0 aliphatic heterocycles. The van der Waals surface area contributed by atoms with Crippen LogP contribution in [0.2, 0.25) is 0 Å². The van der Waals surface area contributed by atoms with E-state index in [0.29, 0.717) is 22.2 Å². The van der Waals surface area contributed by atoms with Crippen molar-refractivity contribution in [2.45, 2.75) is 6.04 Å². The average Bonchev–Trinajstić information content (AvgIpc) is 2.92. The second kappa shape index (κ2) is 10.0. The molecule has 5 rings (SSSR count). The lowest BCUT2D eigenvalue weighted by Gasteiger charge is -2.20. The van der Waals surface area contributed by atoms with Crippen molar-refractivity contribution >= 4 is 22.8 Å². The lowest BCUT2D eigenvalue weighted by molar-refractivity contribution is 0.0965. The van der Waals surface area contributed by atoms with Gasteiger partial charge in [0.2, 0.25) is 0 Å². The minimum absolute atomic E-state index is 0.389. The molecule has 5 nitrogen and oxygen atoms in total. The third-order valence-corrected chi connectivity index (χ3v) is 5.80. The molecule has 0 bridgehead atoms. The fraction of sp³-hybridized carbons (Fsp3) is 0.0333. The topological polar surface area (TPSA) is 71.1 Å². The summed E-state index contributed by atoms with van der Waals surface area (Å²) in [6.07, 6.45) is 0. The van der Waals surface area contributed by atoms with Crippen LogP contribution < -0.4 is 10.6 Å². The SMILES string of the molecule is O=C(NC(=O)c1cc(-c2ccccc2)nc2ccccc12)NC(c1ccccc1)c1ccccc1. The van der Waals surface area contributed by atoms with Crippen molar-refractivity contribution in [2.24, 2.45) is 0 Å². The average molecular weight is 458 g/mol. The number of carbonyl (C=O) groups excluding carboxylic acids is 2. The highest BCUT2D eigenvalue weighted by molar-refractivity contribution is 6.12. The molecule has 0 aliphatic rings. The minimum atomic E-state index is -0.574. The summed E-state index contributed by atoms with van der Waals surface area (Å²) in [6, 6.07) is 37.1. The van der Waals surface area contributed by atoms with Crippen LogP contribution in [0.4, 0.5) is 4.79 Å². The summed E-state index contributed by atoms with van der Waals surface area (Å²) < 4.78 is 0. The first-order valence-corrected chi connectivity index (χ1v) is 11.4. The molecule has 0 spiro atoms. The number of amides is 3. The molecule has 2 N–H and O–H groups in total. The number of fused-ring (bicyclic) bond motifs is 1. The van der Waals surface area contributed by atoms with Gasteiger partial charge in [0.1, 0.15) is 0 Å². The van der Waals surface area contributed by atoms with Gasteiger partial charge < -0.3 is 5.32 Å². The van der Waals surface area contributed by atoms with Crippen LogP contribution in [-0.2, 0) is 0 Å². The highest BCUT2D eigenvalue weighted by Crippen LogP contribution is 2.25. The normalized spacial score (nSPS) is 10.8. The van der Waals surface area contributed by atoms with E-state index < -0.39 is 18.0 Å². The van der Waals surface area contributed by atoms with E-state index in [-0.39, 0.29) is 0 Å². The molecule has 4 aromatic carbocycles. The Morgan fingerprint density at radius 1 is 0.657 bits per heavy atom. The van der Waals surface area contributed by atoms with Crippen LogP contribution in [-0.4, -0.2) is 16.9 Å². The van der Waals surface area contributed by atoms with Gasteiger partial charge in [-0.15, -0.1) is 0 Å². The van der Waals surface area contributed by atoms with Gasteiger partial charge in [0, 0.05) is 10.9 Å². The number of carbonyl (C=O) groups is 2.